The van der Waals surface area contributed by atoms with E-state index in [0.717, 1.165) is 16.1 Å². The Kier molecular flexibility index (Phi) is 8.91. The fraction of sp³-hybridized carbons (Fsp3) is 0.417. The smallest absolute Gasteiger partial charge is 0.244 e. The van der Waals surface area contributed by atoms with Gasteiger partial charge in [-0.15, -0.1) is 0 Å². The lowest BCUT2D eigenvalue weighted by Gasteiger charge is -2.33. The molecule has 0 saturated heterocycles. The van der Waals surface area contributed by atoms with E-state index in [9.17, 15) is 18.0 Å². The predicted molar refractivity (Wildman–Crippen MR) is 133 cm³/mol. The van der Waals surface area contributed by atoms with Gasteiger partial charge in [-0.05, 0) is 51.8 Å². The minimum atomic E-state index is -3.81. The number of amides is 2. The second kappa shape index (κ2) is 11.0. The van der Waals surface area contributed by atoms with Crippen LogP contribution < -0.4 is 9.62 Å². The maximum atomic E-state index is 13.4. The van der Waals surface area contributed by atoms with Gasteiger partial charge in [-0.3, -0.25) is 13.9 Å². The van der Waals surface area contributed by atoms with E-state index in [2.05, 4.69) is 5.32 Å². The maximum Gasteiger partial charge on any atom is 0.244 e. The van der Waals surface area contributed by atoms with Crippen LogP contribution in [0.15, 0.2) is 54.6 Å². The third kappa shape index (κ3) is 8.05. The summed E-state index contributed by atoms with van der Waals surface area (Å²) >= 11 is 6.22. The summed E-state index contributed by atoms with van der Waals surface area (Å²) in [4.78, 5) is 27.7. The molecule has 0 aliphatic carbocycles. The molecule has 1 N–H and O–H groups in total. The van der Waals surface area contributed by atoms with Crippen molar-refractivity contribution in [2.45, 2.75) is 45.7 Å². The zero-order valence-corrected chi connectivity index (χ0v) is 21.3. The molecule has 2 rings (SSSR count). The van der Waals surface area contributed by atoms with E-state index in [1.165, 1.54) is 4.90 Å². The van der Waals surface area contributed by atoms with Gasteiger partial charge in [-0.2, -0.15) is 0 Å². The van der Waals surface area contributed by atoms with Crippen LogP contribution in [-0.2, 0) is 26.0 Å². The average Bonchev–Trinajstić information content (AvgIpc) is 2.71. The minimum absolute atomic E-state index is 0.213. The number of nitrogens with zero attached hydrogens (tertiary/aromatic N) is 2. The van der Waals surface area contributed by atoms with Gasteiger partial charge >= 0.3 is 0 Å². The molecule has 1 unspecified atom stereocenters. The number of hydrogen-bond acceptors (Lipinski definition) is 4. The van der Waals surface area contributed by atoms with Crippen LogP contribution >= 0.6 is 11.6 Å². The largest absolute Gasteiger partial charge is 0.350 e. The number of anilines is 1. The molecule has 0 spiro atoms. The van der Waals surface area contributed by atoms with E-state index in [1.807, 2.05) is 51.1 Å². The first-order valence-corrected chi connectivity index (χ1v) is 12.9. The second-order valence-corrected chi connectivity index (χ2v) is 11.3. The standard InChI is InChI=1S/C24H32ClN3O4S/c1-18(23(30)26-24(2,3)4)27(16-15-19-11-7-6-8-12-19)22(29)17-28(33(5,31)32)21-14-10-9-13-20(21)25/h6-14,18H,15-17H2,1-5H3,(H,26,30). The fourth-order valence-electron chi connectivity index (χ4n) is 3.29. The van der Waals surface area contributed by atoms with Gasteiger partial charge in [0.2, 0.25) is 21.8 Å². The van der Waals surface area contributed by atoms with E-state index in [4.69, 9.17) is 11.6 Å². The highest BCUT2D eigenvalue weighted by atomic mass is 35.5. The number of carbonyl (C=O) groups is 2. The van der Waals surface area contributed by atoms with Crippen LogP contribution in [0.4, 0.5) is 5.69 Å². The van der Waals surface area contributed by atoms with E-state index in [-0.39, 0.29) is 23.2 Å². The molecule has 180 valence electrons. The summed E-state index contributed by atoms with van der Waals surface area (Å²) in [6, 6.07) is 15.2. The van der Waals surface area contributed by atoms with Crippen LogP contribution in [0.3, 0.4) is 0 Å². The highest BCUT2D eigenvalue weighted by molar-refractivity contribution is 7.92. The van der Waals surface area contributed by atoms with Gasteiger partial charge < -0.3 is 10.2 Å². The number of benzene rings is 2. The number of carbonyl (C=O) groups excluding carboxylic acids is 2. The van der Waals surface area contributed by atoms with Crippen LogP contribution in [-0.4, -0.2) is 56.1 Å². The molecule has 0 aliphatic heterocycles. The Morgan fingerprint density at radius 1 is 1.03 bits per heavy atom. The number of rotatable bonds is 9. The Balaban J connectivity index is 2.33. The lowest BCUT2D eigenvalue weighted by molar-refractivity contribution is -0.139. The highest BCUT2D eigenvalue weighted by Gasteiger charge is 2.31. The van der Waals surface area contributed by atoms with Crippen LogP contribution in [0.25, 0.3) is 0 Å². The van der Waals surface area contributed by atoms with Crippen molar-refractivity contribution < 1.29 is 18.0 Å². The molecule has 0 heterocycles. The van der Waals surface area contributed by atoms with Crippen LogP contribution in [0, 0.1) is 0 Å². The van der Waals surface area contributed by atoms with Crippen LogP contribution in [0.2, 0.25) is 5.02 Å². The molecule has 33 heavy (non-hydrogen) atoms. The second-order valence-electron chi connectivity index (χ2n) is 8.96. The minimum Gasteiger partial charge on any atom is -0.350 e. The van der Waals surface area contributed by atoms with Crippen molar-refractivity contribution in [2.75, 3.05) is 23.7 Å². The van der Waals surface area contributed by atoms with Gasteiger partial charge in [-0.25, -0.2) is 8.42 Å². The van der Waals surface area contributed by atoms with E-state index in [1.54, 1.807) is 31.2 Å². The molecule has 0 bridgehead atoms. The van der Waals surface area contributed by atoms with Crippen molar-refractivity contribution in [1.82, 2.24) is 10.2 Å². The van der Waals surface area contributed by atoms with Crippen molar-refractivity contribution >= 4 is 39.1 Å². The topological polar surface area (TPSA) is 86.8 Å². The first-order chi connectivity index (χ1) is 15.3. The van der Waals surface area contributed by atoms with Crippen LogP contribution in [0.1, 0.15) is 33.3 Å². The Morgan fingerprint density at radius 2 is 1.61 bits per heavy atom. The Morgan fingerprint density at radius 3 is 2.15 bits per heavy atom. The van der Waals surface area contributed by atoms with Gasteiger partial charge in [0.05, 0.1) is 17.0 Å². The number of para-hydroxylation sites is 1. The molecule has 7 nitrogen and oxygen atoms in total. The summed E-state index contributed by atoms with van der Waals surface area (Å²) in [5.41, 5.74) is 0.741. The summed E-state index contributed by atoms with van der Waals surface area (Å²) in [6.07, 6.45) is 1.54. The van der Waals surface area contributed by atoms with Crippen molar-refractivity contribution in [3.8, 4) is 0 Å². The zero-order valence-electron chi connectivity index (χ0n) is 19.7. The maximum absolute atomic E-state index is 13.4. The number of hydrogen-bond donors (Lipinski definition) is 1. The van der Waals surface area contributed by atoms with E-state index < -0.39 is 34.1 Å². The Hall–Kier alpha value is -2.58. The number of nitrogens with one attached hydrogen (secondary N) is 1. The monoisotopic (exact) mass is 493 g/mol. The molecule has 0 radical (unpaired) electrons. The SMILES string of the molecule is CC(C(=O)NC(C)(C)C)N(CCc1ccccc1)C(=O)CN(c1ccccc1Cl)S(C)(=O)=O. The molecular weight excluding hydrogens is 462 g/mol. The highest BCUT2D eigenvalue weighted by Crippen LogP contribution is 2.27. The quantitative estimate of drug-likeness (QED) is 0.579. The van der Waals surface area contributed by atoms with E-state index in [0.29, 0.717) is 6.42 Å². The summed E-state index contributed by atoms with van der Waals surface area (Å²) in [6.45, 7) is 7.00. The Bertz CT molecular complexity index is 1070. The first-order valence-electron chi connectivity index (χ1n) is 10.7. The van der Waals surface area contributed by atoms with Gasteiger partial charge in [0.15, 0.2) is 0 Å². The van der Waals surface area contributed by atoms with Crippen molar-refractivity contribution in [1.29, 1.82) is 0 Å². The first kappa shape index (κ1) is 26.7. The third-order valence-corrected chi connectivity index (χ3v) is 6.40. The van der Waals surface area contributed by atoms with Gasteiger partial charge in [0.25, 0.3) is 0 Å². The average molecular weight is 494 g/mol. The predicted octanol–water partition coefficient (Wildman–Crippen LogP) is 3.48. The summed E-state index contributed by atoms with van der Waals surface area (Å²) < 4.78 is 26.0. The normalized spacial score (nSPS) is 12.7. The van der Waals surface area contributed by atoms with Crippen molar-refractivity contribution in [3.05, 3.63) is 65.2 Å². The molecule has 2 aromatic carbocycles. The summed E-state index contributed by atoms with van der Waals surface area (Å²) in [5.74, 6) is -0.805. The molecular formula is C24H32ClN3O4S. The lowest BCUT2D eigenvalue weighted by atomic mass is 10.1. The van der Waals surface area contributed by atoms with Gasteiger partial charge in [-0.1, -0.05) is 54.1 Å². The molecule has 0 aliphatic rings. The van der Waals surface area contributed by atoms with Gasteiger partial charge in [0.1, 0.15) is 12.6 Å². The summed E-state index contributed by atoms with van der Waals surface area (Å²) in [7, 11) is -3.81. The molecule has 0 aromatic heterocycles. The molecule has 1 atom stereocenters. The van der Waals surface area contributed by atoms with E-state index >= 15 is 0 Å². The zero-order chi connectivity index (χ0) is 24.8. The number of sulfonamides is 1. The molecule has 0 saturated carbocycles. The number of halogens is 1. The fourth-order valence-corrected chi connectivity index (χ4v) is 4.44. The third-order valence-electron chi connectivity index (χ3n) is 4.95. The van der Waals surface area contributed by atoms with Crippen LogP contribution in [0.5, 0.6) is 0 Å². The summed E-state index contributed by atoms with van der Waals surface area (Å²) in [5, 5.41) is 3.10. The molecule has 2 aromatic rings. The van der Waals surface area contributed by atoms with Crippen molar-refractivity contribution in [3.63, 3.8) is 0 Å². The molecule has 9 heteroatoms. The Labute approximate surface area is 201 Å². The molecule has 0 fully saturated rings. The molecule has 2 amide bonds. The lowest BCUT2D eigenvalue weighted by Crippen LogP contribution is -2.55. The van der Waals surface area contributed by atoms with Crippen molar-refractivity contribution in [2.24, 2.45) is 0 Å². The van der Waals surface area contributed by atoms with Gasteiger partial charge in [0, 0.05) is 12.1 Å².